The van der Waals surface area contributed by atoms with E-state index in [9.17, 15) is 5.11 Å². The smallest absolute Gasteiger partial charge is 0.146 e. The summed E-state index contributed by atoms with van der Waals surface area (Å²) in [5.74, 6) is 0.768. The number of aliphatic hydroxyl groups excluding tert-OH is 1. The van der Waals surface area contributed by atoms with Crippen LogP contribution in [0.15, 0.2) is 46.3 Å². The van der Waals surface area contributed by atoms with E-state index in [4.69, 9.17) is 9.78 Å². The molecule has 1 unspecified atom stereocenters. The molecule has 5 heteroatoms. The Morgan fingerprint density at radius 2 is 2.30 bits per heavy atom. The molecular formula is C15H12N2O3. The molecule has 1 atom stereocenters. The average molecular weight is 268 g/mol. The van der Waals surface area contributed by atoms with Crippen LogP contribution in [0.25, 0.3) is 6.08 Å². The van der Waals surface area contributed by atoms with Gasteiger partial charge in [0.15, 0.2) is 0 Å². The predicted molar refractivity (Wildman–Crippen MR) is 72.6 cm³/mol. The molecule has 2 aliphatic heterocycles. The first-order valence-electron chi connectivity index (χ1n) is 6.43. The maximum atomic E-state index is 10.3. The molecule has 5 nitrogen and oxygen atoms in total. The van der Waals surface area contributed by atoms with Crippen LogP contribution in [0.4, 0.5) is 0 Å². The van der Waals surface area contributed by atoms with Crippen LogP contribution in [0.2, 0.25) is 0 Å². The van der Waals surface area contributed by atoms with Crippen molar-refractivity contribution in [2.45, 2.75) is 12.5 Å². The van der Waals surface area contributed by atoms with E-state index < -0.39 is 6.10 Å². The van der Waals surface area contributed by atoms with E-state index in [1.165, 1.54) is 0 Å². The van der Waals surface area contributed by atoms with Gasteiger partial charge < -0.3 is 9.99 Å². The first kappa shape index (κ1) is 11.6. The topological polar surface area (TPSA) is 63.9 Å². The average Bonchev–Trinajstić information content (AvgIpc) is 3.10. The van der Waals surface area contributed by atoms with Gasteiger partial charge in [0, 0.05) is 34.8 Å². The third-order valence-electron chi connectivity index (χ3n) is 3.56. The number of aliphatic imine (C=N–C) groups is 1. The molecule has 20 heavy (non-hydrogen) atoms. The van der Waals surface area contributed by atoms with Gasteiger partial charge in [-0.3, -0.25) is 9.98 Å². The van der Waals surface area contributed by atoms with Crippen molar-refractivity contribution in [2.24, 2.45) is 4.99 Å². The number of allylic oxidation sites excluding steroid dienone is 1. The maximum Gasteiger partial charge on any atom is 0.146 e. The number of nitrogens with zero attached hydrogens (tertiary/aromatic N) is 2. The van der Waals surface area contributed by atoms with E-state index in [1.807, 2.05) is 24.3 Å². The lowest BCUT2D eigenvalue weighted by Gasteiger charge is -2.20. The van der Waals surface area contributed by atoms with Gasteiger partial charge in [-0.2, -0.15) is 4.89 Å². The van der Waals surface area contributed by atoms with E-state index >= 15 is 0 Å². The monoisotopic (exact) mass is 268 g/mol. The molecule has 4 rings (SSSR count). The summed E-state index contributed by atoms with van der Waals surface area (Å²) in [4.78, 5) is 18.5. The zero-order valence-electron chi connectivity index (χ0n) is 10.6. The molecule has 0 bridgehead atoms. The number of fused-ring (bicyclic) bond motifs is 2. The van der Waals surface area contributed by atoms with Crippen LogP contribution in [0.1, 0.15) is 23.1 Å². The lowest BCUT2D eigenvalue weighted by atomic mass is 9.90. The SMILES string of the molecule is OC1C2=CN=CC2=Cc2nc(CC3=CCOO3)ccc21. The summed E-state index contributed by atoms with van der Waals surface area (Å²) in [6, 6.07) is 3.81. The normalized spacial score (nSPS) is 22.6. The quantitative estimate of drug-likeness (QED) is 0.832. The van der Waals surface area contributed by atoms with Crippen molar-refractivity contribution >= 4 is 12.3 Å². The molecule has 0 spiro atoms. The molecule has 0 radical (unpaired) electrons. The highest BCUT2D eigenvalue weighted by atomic mass is 17.2. The Labute approximate surface area is 115 Å². The van der Waals surface area contributed by atoms with Crippen LogP contribution in [0.3, 0.4) is 0 Å². The van der Waals surface area contributed by atoms with Crippen molar-refractivity contribution in [3.05, 3.63) is 58.3 Å². The van der Waals surface area contributed by atoms with Gasteiger partial charge in [0.05, 0.1) is 12.1 Å². The third-order valence-corrected chi connectivity index (χ3v) is 3.56. The number of aliphatic hydroxyl groups is 1. The standard InChI is InChI=1S/C15H12N2O3/c18-15-12-2-1-10(6-11-3-4-19-20-11)17-14(12)5-9-7-16-8-13(9)15/h1-3,5,7-8,15,18H,4,6H2. The molecule has 1 aromatic rings. The minimum atomic E-state index is -0.653. The zero-order chi connectivity index (χ0) is 13.5. The minimum Gasteiger partial charge on any atom is -0.383 e. The highest BCUT2D eigenvalue weighted by Gasteiger charge is 2.26. The van der Waals surface area contributed by atoms with Crippen molar-refractivity contribution in [1.82, 2.24) is 4.98 Å². The Kier molecular flexibility index (Phi) is 2.55. The van der Waals surface area contributed by atoms with Gasteiger partial charge in [-0.1, -0.05) is 6.07 Å². The first-order chi connectivity index (χ1) is 9.81. The van der Waals surface area contributed by atoms with Crippen LogP contribution >= 0.6 is 0 Å². The van der Waals surface area contributed by atoms with Gasteiger partial charge in [0.2, 0.25) is 0 Å². The van der Waals surface area contributed by atoms with Crippen molar-refractivity contribution < 1.29 is 14.9 Å². The van der Waals surface area contributed by atoms with Gasteiger partial charge in [-0.15, -0.1) is 0 Å². The molecule has 0 aromatic carbocycles. The summed E-state index contributed by atoms with van der Waals surface area (Å²) >= 11 is 0. The van der Waals surface area contributed by atoms with Crippen LogP contribution in [-0.4, -0.2) is 22.9 Å². The number of pyridine rings is 1. The molecule has 3 aliphatic rings. The van der Waals surface area contributed by atoms with Crippen LogP contribution in [0.5, 0.6) is 0 Å². The van der Waals surface area contributed by atoms with Crippen molar-refractivity contribution in [2.75, 3.05) is 6.61 Å². The molecule has 0 saturated heterocycles. The summed E-state index contributed by atoms with van der Waals surface area (Å²) in [6.07, 6.45) is 7.21. The molecule has 3 heterocycles. The summed E-state index contributed by atoms with van der Waals surface area (Å²) in [7, 11) is 0. The number of hydrogen-bond donors (Lipinski definition) is 1. The summed E-state index contributed by atoms with van der Waals surface area (Å²) in [6.45, 7) is 0.480. The van der Waals surface area contributed by atoms with E-state index in [-0.39, 0.29) is 0 Å². The Hall–Kier alpha value is -2.24. The van der Waals surface area contributed by atoms with Gasteiger partial charge in [0.1, 0.15) is 18.5 Å². The second-order valence-electron chi connectivity index (χ2n) is 4.86. The number of hydrogen-bond acceptors (Lipinski definition) is 5. The van der Waals surface area contributed by atoms with Crippen LogP contribution < -0.4 is 0 Å². The summed E-state index contributed by atoms with van der Waals surface area (Å²) < 4.78 is 0. The van der Waals surface area contributed by atoms with Crippen LogP contribution in [0, 0.1) is 0 Å². The second-order valence-corrected chi connectivity index (χ2v) is 4.86. The predicted octanol–water partition coefficient (Wildman–Crippen LogP) is 1.87. The zero-order valence-corrected chi connectivity index (χ0v) is 10.6. The Balaban J connectivity index is 1.70. The molecular weight excluding hydrogens is 256 g/mol. The maximum absolute atomic E-state index is 10.3. The van der Waals surface area contributed by atoms with Crippen molar-refractivity contribution in [3.8, 4) is 0 Å². The van der Waals surface area contributed by atoms with Gasteiger partial charge in [-0.25, -0.2) is 0 Å². The number of aromatic nitrogens is 1. The largest absolute Gasteiger partial charge is 0.383 e. The fourth-order valence-corrected chi connectivity index (χ4v) is 2.53. The Morgan fingerprint density at radius 3 is 3.15 bits per heavy atom. The fraction of sp³-hybridized carbons (Fsp3) is 0.200. The lowest BCUT2D eigenvalue weighted by Crippen LogP contribution is -2.12. The van der Waals surface area contributed by atoms with Gasteiger partial charge in [-0.05, 0) is 18.2 Å². The highest BCUT2D eigenvalue weighted by molar-refractivity contribution is 5.95. The number of rotatable bonds is 2. The summed E-state index contributed by atoms with van der Waals surface area (Å²) in [5, 5.41) is 10.3. The minimum absolute atomic E-state index is 0.480. The van der Waals surface area contributed by atoms with Crippen LogP contribution in [-0.2, 0) is 16.2 Å². The molecule has 0 saturated carbocycles. The molecule has 0 amide bonds. The third kappa shape index (κ3) is 1.79. The summed E-state index contributed by atoms with van der Waals surface area (Å²) in [5.41, 5.74) is 4.24. The molecule has 1 aliphatic carbocycles. The lowest BCUT2D eigenvalue weighted by molar-refractivity contribution is -0.234. The second kappa shape index (κ2) is 4.40. The fourth-order valence-electron chi connectivity index (χ4n) is 2.53. The van der Waals surface area contributed by atoms with E-state index in [2.05, 4.69) is 9.98 Å². The Bertz CT molecular complexity index is 701. The van der Waals surface area contributed by atoms with Gasteiger partial charge >= 0.3 is 0 Å². The van der Waals surface area contributed by atoms with Gasteiger partial charge in [0.25, 0.3) is 0 Å². The molecule has 1 aromatic heterocycles. The first-order valence-corrected chi connectivity index (χ1v) is 6.43. The van der Waals surface area contributed by atoms with Crippen molar-refractivity contribution in [1.29, 1.82) is 0 Å². The highest BCUT2D eigenvalue weighted by Crippen LogP contribution is 2.37. The van der Waals surface area contributed by atoms with E-state index in [1.54, 1.807) is 12.4 Å². The van der Waals surface area contributed by atoms with E-state index in [0.29, 0.717) is 13.0 Å². The van der Waals surface area contributed by atoms with E-state index in [0.717, 1.165) is 33.9 Å². The Morgan fingerprint density at radius 1 is 1.35 bits per heavy atom. The molecule has 0 fully saturated rings. The molecule has 100 valence electrons. The molecule has 1 N–H and O–H groups in total. The van der Waals surface area contributed by atoms with Crippen molar-refractivity contribution in [3.63, 3.8) is 0 Å².